The van der Waals surface area contributed by atoms with Gasteiger partial charge in [-0.25, -0.2) is 0 Å². The number of rotatable bonds is 2. The van der Waals surface area contributed by atoms with E-state index in [4.69, 9.17) is 0 Å². The zero-order valence-corrected chi connectivity index (χ0v) is 11.5. The maximum absolute atomic E-state index is 12.3. The van der Waals surface area contributed by atoms with Gasteiger partial charge in [-0.1, -0.05) is 20.8 Å². The Balaban J connectivity index is 1.95. The fraction of sp³-hybridized carbons (Fsp3) is 0.929. The highest BCUT2D eigenvalue weighted by atomic mass is 16.2. The molecule has 2 saturated heterocycles. The van der Waals surface area contributed by atoms with Gasteiger partial charge in [-0.3, -0.25) is 4.79 Å². The maximum atomic E-state index is 12.3. The quantitative estimate of drug-likeness (QED) is 0.796. The lowest BCUT2D eigenvalue weighted by atomic mass is 9.78. The number of likely N-dealkylation sites (tertiary alicyclic amines) is 1. The van der Waals surface area contributed by atoms with Gasteiger partial charge in [0.15, 0.2) is 0 Å². The highest BCUT2D eigenvalue weighted by molar-refractivity contribution is 5.79. The molecule has 0 aliphatic carbocycles. The molecule has 1 atom stereocenters. The van der Waals surface area contributed by atoms with Crippen LogP contribution in [0.3, 0.4) is 0 Å². The van der Waals surface area contributed by atoms with E-state index in [2.05, 4.69) is 31.0 Å². The Morgan fingerprint density at radius 2 is 1.82 bits per heavy atom. The number of carbonyl (C=O) groups is 1. The molecule has 2 fully saturated rings. The van der Waals surface area contributed by atoms with E-state index in [-0.39, 0.29) is 5.92 Å². The molecule has 2 heterocycles. The van der Waals surface area contributed by atoms with E-state index in [0.29, 0.717) is 17.2 Å². The molecule has 17 heavy (non-hydrogen) atoms. The first kappa shape index (κ1) is 12.9. The molecule has 0 bridgehead atoms. The molecule has 1 amide bonds. The number of hydrogen-bond acceptors (Lipinski definition) is 2. The van der Waals surface area contributed by atoms with Crippen molar-refractivity contribution in [2.45, 2.75) is 40.0 Å². The molecule has 1 unspecified atom stereocenters. The Labute approximate surface area is 105 Å². The van der Waals surface area contributed by atoms with Crippen molar-refractivity contribution in [2.75, 3.05) is 26.2 Å². The van der Waals surface area contributed by atoms with Crippen LogP contribution in [-0.2, 0) is 4.79 Å². The highest BCUT2D eigenvalue weighted by Crippen LogP contribution is 2.39. The van der Waals surface area contributed by atoms with Crippen molar-refractivity contribution >= 4 is 5.91 Å². The minimum atomic E-state index is 0.173. The minimum Gasteiger partial charge on any atom is -0.342 e. The van der Waals surface area contributed by atoms with Gasteiger partial charge in [0.2, 0.25) is 5.91 Å². The topological polar surface area (TPSA) is 32.3 Å². The van der Waals surface area contributed by atoms with E-state index in [9.17, 15) is 4.79 Å². The van der Waals surface area contributed by atoms with Crippen LogP contribution in [0.1, 0.15) is 40.0 Å². The number of nitrogens with zero attached hydrogens (tertiary/aromatic N) is 1. The largest absolute Gasteiger partial charge is 0.342 e. The summed E-state index contributed by atoms with van der Waals surface area (Å²) in [7, 11) is 0. The van der Waals surface area contributed by atoms with Gasteiger partial charge in [0.1, 0.15) is 0 Å². The van der Waals surface area contributed by atoms with E-state index < -0.39 is 0 Å². The normalized spacial score (nSPS) is 25.5. The third-order valence-corrected chi connectivity index (χ3v) is 4.80. The second-order valence-electron chi connectivity index (χ2n) is 6.29. The average Bonchev–Trinajstić information content (AvgIpc) is 2.72. The fourth-order valence-electron chi connectivity index (χ4n) is 3.06. The third kappa shape index (κ3) is 2.65. The van der Waals surface area contributed by atoms with E-state index >= 15 is 0 Å². The Kier molecular flexibility index (Phi) is 3.76. The summed E-state index contributed by atoms with van der Waals surface area (Å²) in [5.41, 5.74) is 0.442. The van der Waals surface area contributed by atoms with Gasteiger partial charge < -0.3 is 10.2 Å². The molecule has 3 nitrogen and oxygen atoms in total. The molecule has 0 aromatic heterocycles. The molecule has 0 aromatic carbocycles. The molecular weight excluding hydrogens is 212 g/mol. The molecule has 2 aliphatic rings. The van der Waals surface area contributed by atoms with Crippen LogP contribution in [0.15, 0.2) is 0 Å². The second kappa shape index (κ2) is 4.97. The third-order valence-electron chi connectivity index (χ3n) is 4.80. The van der Waals surface area contributed by atoms with Crippen LogP contribution in [0.2, 0.25) is 0 Å². The molecular formula is C14H26N2O. The van der Waals surface area contributed by atoms with Crippen LogP contribution >= 0.6 is 0 Å². The molecule has 1 N–H and O–H groups in total. The lowest BCUT2D eigenvalue weighted by Gasteiger charge is -2.34. The lowest BCUT2D eigenvalue weighted by molar-refractivity contribution is -0.135. The Morgan fingerprint density at radius 3 is 2.41 bits per heavy atom. The van der Waals surface area contributed by atoms with Gasteiger partial charge >= 0.3 is 0 Å². The van der Waals surface area contributed by atoms with E-state index in [1.165, 1.54) is 19.3 Å². The van der Waals surface area contributed by atoms with Gasteiger partial charge in [-0.2, -0.15) is 0 Å². The molecule has 0 aromatic rings. The molecule has 1 spiro atoms. The van der Waals surface area contributed by atoms with Crippen LogP contribution in [0.4, 0.5) is 0 Å². The van der Waals surface area contributed by atoms with Gasteiger partial charge in [0.25, 0.3) is 0 Å². The zero-order valence-electron chi connectivity index (χ0n) is 11.5. The lowest BCUT2D eigenvalue weighted by Crippen LogP contribution is -2.41. The molecule has 0 radical (unpaired) electrons. The number of piperidine rings is 1. The van der Waals surface area contributed by atoms with Crippen LogP contribution in [-0.4, -0.2) is 37.0 Å². The second-order valence-corrected chi connectivity index (χ2v) is 6.29. The highest BCUT2D eigenvalue weighted by Gasteiger charge is 2.41. The van der Waals surface area contributed by atoms with E-state index in [1.807, 2.05) is 0 Å². The number of hydrogen-bond donors (Lipinski definition) is 1. The van der Waals surface area contributed by atoms with Crippen LogP contribution in [0.25, 0.3) is 0 Å². The summed E-state index contributed by atoms with van der Waals surface area (Å²) in [5, 5.41) is 3.42. The average molecular weight is 238 g/mol. The van der Waals surface area contributed by atoms with Crippen molar-refractivity contribution in [1.82, 2.24) is 10.2 Å². The zero-order chi connectivity index (χ0) is 12.5. The first-order chi connectivity index (χ1) is 8.04. The molecule has 3 heteroatoms. The van der Waals surface area contributed by atoms with Crippen LogP contribution in [0.5, 0.6) is 0 Å². The minimum absolute atomic E-state index is 0.173. The van der Waals surface area contributed by atoms with Crippen molar-refractivity contribution in [3.63, 3.8) is 0 Å². The van der Waals surface area contributed by atoms with Gasteiger partial charge in [-0.15, -0.1) is 0 Å². The summed E-state index contributed by atoms with van der Waals surface area (Å²) in [4.78, 5) is 14.4. The SMILES string of the molecule is CC(C)C(C)C(=O)N1CCC2(CCNCC2)C1. The van der Waals surface area contributed by atoms with Crippen molar-refractivity contribution in [1.29, 1.82) is 0 Å². The Morgan fingerprint density at radius 1 is 1.18 bits per heavy atom. The predicted molar refractivity (Wildman–Crippen MR) is 69.7 cm³/mol. The smallest absolute Gasteiger partial charge is 0.225 e. The molecule has 2 rings (SSSR count). The summed E-state index contributed by atoms with van der Waals surface area (Å²) in [6.45, 7) is 10.6. The predicted octanol–water partition coefficient (Wildman–Crippen LogP) is 1.88. The van der Waals surface area contributed by atoms with Crippen LogP contribution in [0, 0.1) is 17.3 Å². The van der Waals surface area contributed by atoms with Crippen LogP contribution < -0.4 is 5.32 Å². The van der Waals surface area contributed by atoms with Crippen molar-refractivity contribution in [3.8, 4) is 0 Å². The molecule has 2 aliphatic heterocycles. The number of carbonyl (C=O) groups excluding carboxylic acids is 1. The fourth-order valence-corrected chi connectivity index (χ4v) is 3.06. The van der Waals surface area contributed by atoms with Crippen molar-refractivity contribution in [3.05, 3.63) is 0 Å². The maximum Gasteiger partial charge on any atom is 0.225 e. The Bertz CT molecular complexity index is 282. The summed E-state index contributed by atoms with van der Waals surface area (Å²) in [5.74, 6) is 0.995. The monoisotopic (exact) mass is 238 g/mol. The number of nitrogens with one attached hydrogen (secondary N) is 1. The summed E-state index contributed by atoms with van der Waals surface area (Å²) < 4.78 is 0. The number of amides is 1. The van der Waals surface area contributed by atoms with Gasteiger partial charge in [0, 0.05) is 19.0 Å². The standard InChI is InChI=1S/C14H26N2O/c1-11(2)12(3)13(17)16-9-6-14(10-16)4-7-15-8-5-14/h11-12,15H,4-10H2,1-3H3. The van der Waals surface area contributed by atoms with E-state index in [1.54, 1.807) is 0 Å². The van der Waals surface area contributed by atoms with Crippen molar-refractivity contribution < 1.29 is 4.79 Å². The van der Waals surface area contributed by atoms with E-state index in [0.717, 1.165) is 26.2 Å². The summed E-state index contributed by atoms with van der Waals surface area (Å²) in [6.07, 6.45) is 3.70. The molecule has 98 valence electrons. The van der Waals surface area contributed by atoms with Crippen molar-refractivity contribution in [2.24, 2.45) is 17.3 Å². The summed E-state index contributed by atoms with van der Waals surface area (Å²) >= 11 is 0. The first-order valence-corrected chi connectivity index (χ1v) is 7.04. The van der Waals surface area contributed by atoms with Gasteiger partial charge in [-0.05, 0) is 43.7 Å². The molecule has 0 saturated carbocycles. The van der Waals surface area contributed by atoms with Gasteiger partial charge in [0.05, 0.1) is 0 Å². The first-order valence-electron chi connectivity index (χ1n) is 7.04. The summed E-state index contributed by atoms with van der Waals surface area (Å²) in [6, 6.07) is 0. The Hall–Kier alpha value is -0.570.